The molecular weight excluding hydrogens is 334 g/mol. The summed E-state index contributed by atoms with van der Waals surface area (Å²) in [4.78, 5) is 12.0. The van der Waals surface area contributed by atoms with Gasteiger partial charge >= 0.3 is 6.09 Å². The number of nitrogens with one attached hydrogen (secondary N) is 1. The van der Waals surface area contributed by atoms with Crippen LogP contribution >= 0.6 is 23.5 Å². The molecule has 0 aliphatic rings. The van der Waals surface area contributed by atoms with Crippen molar-refractivity contribution < 1.29 is 13.9 Å². The summed E-state index contributed by atoms with van der Waals surface area (Å²) in [5.41, 5.74) is 0.478. The Morgan fingerprint density at radius 3 is 2.70 bits per heavy atom. The molecule has 0 saturated heterocycles. The lowest BCUT2D eigenvalue weighted by Crippen LogP contribution is -2.35. The molecular formula is C15H25N3O3S2. The number of nitrogens with zero attached hydrogens (tertiary/aromatic N) is 2. The Balaban J connectivity index is 2.73. The molecule has 1 aromatic rings. The molecule has 0 saturated carbocycles. The maximum Gasteiger partial charge on any atom is 0.408 e. The van der Waals surface area contributed by atoms with Gasteiger partial charge in [-0.3, -0.25) is 0 Å². The zero-order valence-electron chi connectivity index (χ0n) is 14.3. The van der Waals surface area contributed by atoms with Crippen LogP contribution in [0.2, 0.25) is 0 Å². The second-order valence-electron chi connectivity index (χ2n) is 6.13. The summed E-state index contributed by atoms with van der Waals surface area (Å²) in [6.07, 6.45) is 2.21. The number of hydrogen-bond donors (Lipinski definition) is 1. The van der Waals surface area contributed by atoms with Gasteiger partial charge in [-0.05, 0) is 46.1 Å². The number of carbonyl (C=O) groups excluding carboxylic acids is 1. The molecule has 1 atom stereocenters. The van der Waals surface area contributed by atoms with Crippen molar-refractivity contribution in [2.75, 3.05) is 17.8 Å². The van der Waals surface area contributed by atoms with Crippen LogP contribution in [-0.4, -0.2) is 39.7 Å². The van der Waals surface area contributed by atoms with Crippen LogP contribution in [0.25, 0.3) is 0 Å². The fraction of sp³-hybridized carbons (Fsp3) is 0.667. The first-order chi connectivity index (χ1) is 10.7. The molecule has 0 fully saturated rings. The van der Waals surface area contributed by atoms with Gasteiger partial charge in [0.25, 0.3) is 5.22 Å². The van der Waals surface area contributed by atoms with E-state index >= 15 is 0 Å². The van der Waals surface area contributed by atoms with Gasteiger partial charge in [-0.2, -0.15) is 11.8 Å². The Morgan fingerprint density at radius 2 is 2.13 bits per heavy atom. The molecule has 0 unspecified atom stereocenters. The SMILES string of the molecule is C=C(C)CSc1nnc([C@@H](CCSC)NC(=O)OC(C)(C)C)o1. The van der Waals surface area contributed by atoms with Gasteiger partial charge in [0.05, 0.1) is 0 Å². The van der Waals surface area contributed by atoms with E-state index in [0.717, 1.165) is 17.1 Å². The Morgan fingerprint density at radius 1 is 1.43 bits per heavy atom. The van der Waals surface area contributed by atoms with Gasteiger partial charge in [0, 0.05) is 5.75 Å². The highest BCUT2D eigenvalue weighted by atomic mass is 32.2. The van der Waals surface area contributed by atoms with Crippen molar-refractivity contribution in [1.29, 1.82) is 0 Å². The molecule has 0 radical (unpaired) electrons. The molecule has 23 heavy (non-hydrogen) atoms. The number of ether oxygens (including phenoxy) is 1. The second kappa shape index (κ2) is 9.22. The number of amides is 1. The zero-order valence-corrected chi connectivity index (χ0v) is 16.0. The minimum Gasteiger partial charge on any atom is -0.444 e. The van der Waals surface area contributed by atoms with E-state index in [0.29, 0.717) is 17.5 Å². The normalized spacial score (nSPS) is 12.7. The van der Waals surface area contributed by atoms with Crippen molar-refractivity contribution in [3.63, 3.8) is 0 Å². The van der Waals surface area contributed by atoms with Gasteiger partial charge in [0.2, 0.25) is 5.89 Å². The van der Waals surface area contributed by atoms with Crippen LogP contribution in [0.15, 0.2) is 21.8 Å². The molecule has 1 amide bonds. The van der Waals surface area contributed by atoms with E-state index in [2.05, 4.69) is 22.1 Å². The smallest absolute Gasteiger partial charge is 0.408 e. The number of hydrogen-bond acceptors (Lipinski definition) is 7. The highest BCUT2D eigenvalue weighted by Gasteiger charge is 2.24. The van der Waals surface area contributed by atoms with E-state index < -0.39 is 11.7 Å². The number of alkyl carbamates (subject to hydrolysis) is 1. The number of thioether (sulfide) groups is 2. The molecule has 0 aliphatic carbocycles. The molecule has 0 aliphatic heterocycles. The first-order valence-corrected chi connectivity index (χ1v) is 9.68. The van der Waals surface area contributed by atoms with Crippen molar-refractivity contribution >= 4 is 29.6 Å². The summed E-state index contributed by atoms with van der Waals surface area (Å²) in [5.74, 6) is 1.97. The van der Waals surface area contributed by atoms with E-state index in [1.54, 1.807) is 11.8 Å². The molecule has 1 N–H and O–H groups in total. The quantitative estimate of drug-likeness (QED) is 0.554. The number of aromatic nitrogens is 2. The van der Waals surface area contributed by atoms with Crippen LogP contribution in [-0.2, 0) is 4.74 Å². The van der Waals surface area contributed by atoms with E-state index in [9.17, 15) is 4.79 Å². The molecule has 0 bridgehead atoms. The van der Waals surface area contributed by atoms with Crippen LogP contribution < -0.4 is 5.32 Å². The summed E-state index contributed by atoms with van der Waals surface area (Å²) >= 11 is 3.12. The first kappa shape index (κ1) is 19.9. The predicted molar refractivity (Wildman–Crippen MR) is 94.9 cm³/mol. The molecule has 1 heterocycles. The van der Waals surface area contributed by atoms with E-state index in [4.69, 9.17) is 9.15 Å². The van der Waals surface area contributed by atoms with Crippen molar-refractivity contribution in [3.8, 4) is 0 Å². The van der Waals surface area contributed by atoms with Gasteiger partial charge in [0.1, 0.15) is 11.6 Å². The van der Waals surface area contributed by atoms with Crippen LogP contribution in [0.4, 0.5) is 4.79 Å². The van der Waals surface area contributed by atoms with Crippen LogP contribution in [0.3, 0.4) is 0 Å². The third-order valence-corrected chi connectivity index (χ3v) is 4.16. The highest BCUT2D eigenvalue weighted by molar-refractivity contribution is 7.99. The lowest BCUT2D eigenvalue weighted by molar-refractivity contribution is 0.0493. The second-order valence-corrected chi connectivity index (χ2v) is 8.04. The molecule has 130 valence electrons. The number of carbonyl (C=O) groups is 1. The molecule has 0 aromatic carbocycles. The summed E-state index contributed by atoms with van der Waals surface area (Å²) < 4.78 is 10.9. The summed E-state index contributed by atoms with van der Waals surface area (Å²) in [6, 6.07) is -0.357. The molecule has 8 heteroatoms. The van der Waals surface area contributed by atoms with E-state index in [1.165, 1.54) is 11.8 Å². The highest BCUT2D eigenvalue weighted by Crippen LogP contribution is 2.24. The standard InChI is InChI=1S/C15H25N3O3S2/c1-10(2)9-23-14-18-17-12(20-14)11(7-8-22-6)16-13(19)21-15(3,4)5/h11H,1,7-9H2,2-6H3,(H,16,19)/t11-/m1/s1. The lowest BCUT2D eigenvalue weighted by atomic mass is 10.2. The maximum atomic E-state index is 12.0. The first-order valence-electron chi connectivity index (χ1n) is 7.30. The summed E-state index contributed by atoms with van der Waals surface area (Å²) in [7, 11) is 0. The average Bonchev–Trinajstić information content (AvgIpc) is 2.87. The van der Waals surface area contributed by atoms with Gasteiger partial charge in [-0.1, -0.05) is 23.9 Å². The third-order valence-electron chi connectivity index (χ3n) is 2.46. The molecule has 0 spiro atoms. The van der Waals surface area contributed by atoms with Crippen molar-refractivity contribution in [2.24, 2.45) is 0 Å². The minimum absolute atomic E-state index is 0.357. The lowest BCUT2D eigenvalue weighted by Gasteiger charge is -2.22. The molecule has 1 rings (SSSR count). The minimum atomic E-state index is -0.550. The van der Waals surface area contributed by atoms with Crippen molar-refractivity contribution in [2.45, 2.75) is 51.0 Å². The topological polar surface area (TPSA) is 77.2 Å². The predicted octanol–water partition coefficient (Wildman–Crippen LogP) is 4.06. The number of rotatable bonds is 8. The third kappa shape index (κ3) is 8.31. The van der Waals surface area contributed by atoms with Crippen molar-refractivity contribution in [1.82, 2.24) is 15.5 Å². The van der Waals surface area contributed by atoms with Crippen molar-refractivity contribution in [3.05, 3.63) is 18.0 Å². The molecule has 6 nitrogen and oxygen atoms in total. The van der Waals surface area contributed by atoms with Crippen LogP contribution in [0, 0.1) is 0 Å². The monoisotopic (exact) mass is 359 g/mol. The van der Waals surface area contributed by atoms with E-state index in [1.807, 2.05) is 34.0 Å². The average molecular weight is 360 g/mol. The summed E-state index contributed by atoms with van der Waals surface area (Å²) in [6.45, 7) is 11.2. The largest absolute Gasteiger partial charge is 0.444 e. The van der Waals surface area contributed by atoms with Crippen LogP contribution in [0.1, 0.15) is 46.0 Å². The maximum absolute atomic E-state index is 12.0. The Bertz CT molecular complexity index is 526. The summed E-state index contributed by atoms with van der Waals surface area (Å²) in [5, 5.41) is 11.3. The Hall–Kier alpha value is -1.15. The fourth-order valence-corrected chi connectivity index (χ4v) is 2.63. The Kier molecular flexibility index (Phi) is 7.98. The van der Waals surface area contributed by atoms with Gasteiger partial charge in [-0.15, -0.1) is 10.2 Å². The van der Waals surface area contributed by atoms with Crippen LogP contribution in [0.5, 0.6) is 0 Å². The fourth-order valence-electron chi connectivity index (χ4n) is 1.55. The van der Waals surface area contributed by atoms with Gasteiger partial charge in [-0.25, -0.2) is 4.79 Å². The molecule has 1 aromatic heterocycles. The van der Waals surface area contributed by atoms with E-state index in [-0.39, 0.29) is 6.04 Å². The Labute approximate surface area is 146 Å². The zero-order chi connectivity index (χ0) is 17.5. The van der Waals surface area contributed by atoms with Gasteiger partial charge < -0.3 is 14.5 Å². The van der Waals surface area contributed by atoms with Gasteiger partial charge in [0.15, 0.2) is 0 Å².